The molecular weight excluding hydrogens is 290 g/mol. The van der Waals surface area contributed by atoms with Crippen LogP contribution in [0.5, 0.6) is 0 Å². The van der Waals surface area contributed by atoms with E-state index in [1.165, 1.54) is 5.56 Å². The fourth-order valence-corrected chi connectivity index (χ4v) is 3.70. The van der Waals surface area contributed by atoms with E-state index in [2.05, 4.69) is 16.0 Å². The first-order valence-corrected chi connectivity index (χ1v) is 8.53. The molecule has 2 aliphatic heterocycles. The van der Waals surface area contributed by atoms with Crippen molar-refractivity contribution < 1.29 is 9.53 Å². The van der Waals surface area contributed by atoms with E-state index >= 15 is 0 Å². The Morgan fingerprint density at radius 3 is 2.87 bits per heavy atom. The number of aromatic nitrogens is 1. The molecule has 126 valence electrons. The van der Waals surface area contributed by atoms with Gasteiger partial charge in [0.1, 0.15) is 5.60 Å². The number of fused-ring (bicyclic) bond motifs is 1. The summed E-state index contributed by atoms with van der Waals surface area (Å²) >= 11 is 0. The molecule has 1 amide bonds. The summed E-state index contributed by atoms with van der Waals surface area (Å²) in [6.45, 7) is 9.44. The third-order valence-corrected chi connectivity index (χ3v) is 4.71. The third kappa shape index (κ3) is 4.02. The van der Waals surface area contributed by atoms with Gasteiger partial charge in [-0.25, -0.2) is 4.79 Å². The molecule has 2 atom stereocenters. The molecule has 0 bridgehead atoms. The maximum atomic E-state index is 12.3. The van der Waals surface area contributed by atoms with Crippen molar-refractivity contribution in [3.8, 4) is 0 Å². The van der Waals surface area contributed by atoms with Gasteiger partial charge < -0.3 is 9.64 Å². The van der Waals surface area contributed by atoms with Crippen molar-refractivity contribution in [2.45, 2.75) is 51.8 Å². The maximum Gasteiger partial charge on any atom is 0.410 e. The van der Waals surface area contributed by atoms with Crippen LogP contribution in [0.1, 0.15) is 39.2 Å². The predicted molar refractivity (Wildman–Crippen MR) is 89.0 cm³/mol. The zero-order chi connectivity index (χ0) is 16.4. The maximum absolute atomic E-state index is 12.3. The number of nitrogens with zero attached hydrogens (tertiary/aromatic N) is 3. The Labute approximate surface area is 138 Å². The topological polar surface area (TPSA) is 45.7 Å². The molecule has 0 aliphatic carbocycles. The number of hydrogen-bond acceptors (Lipinski definition) is 4. The number of carbonyl (C=O) groups excluding carboxylic acids is 1. The van der Waals surface area contributed by atoms with Crippen LogP contribution in [-0.4, -0.2) is 52.2 Å². The molecule has 0 aromatic carbocycles. The Morgan fingerprint density at radius 1 is 1.35 bits per heavy atom. The van der Waals surface area contributed by atoms with Crippen LogP contribution >= 0.6 is 0 Å². The summed E-state index contributed by atoms with van der Waals surface area (Å²) in [5.74, 6) is 0.563. The van der Waals surface area contributed by atoms with Gasteiger partial charge in [0.25, 0.3) is 0 Å². The highest BCUT2D eigenvalue weighted by Gasteiger charge is 2.40. The molecule has 0 saturated carbocycles. The van der Waals surface area contributed by atoms with Crippen molar-refractivity contribution in [1.82, 2.24) is 14.8 Å². The molecular formula is C18H27N3O2. The average Bonchev–Trinajstić information content (AvgIpc) is 2.89. The first-order chi connectivity index (χ1) is 10.9. The van der Waals surface area contributed by atoms with Gasteiger partial charge >= 0.3 is 6.09 Å². The van der Waals surface area contributed by atoms with Gasteiger partial charge in [-0.15, -0.1) is 0 Å². The van der Waals surface area contributed by atoms with Crippen LogP contribution in [-0.2, 0) is 11.3 Å². The van der Waals surface area contributed by atoms with Crippen LogP contribution in [0, 0.1) is 5.92 Å². The summed E-state index contributed by atoms with van der Waals surface area (Å²) in [5.41, 5.74) is 0.846. The summed E-state index contributed by atoms with van der Waals surface area (Å²) in [5, 5.41) is 0. The van der Waals surface area contributed by atoms with E-state index in [4.69, 9.17) is 4.74 Å². The Bertz CT molecular complexity index is 541. The van der Waals surface area contributed by atoms with Crippen molar-refractivity contribution in [2.24, 2.45) is 5.92 Å². The molecule has 5 nitrogen and oxygen atoms in total. The standard InChI is InChI=1S/C18H27N3O2/c1-18(2,3)23-17(22)21-10-7-16-15(13-21)6-9-20(16)12-14-5-4-8-19-11-14/h4-5,8,11,15-16H,6-7,9-10,12-13H2,1-3H3. The molecule has 3 rings (SSSR count). The lowest BCUT2D eigenvalue weighted by Gasteiger charge is -2.38. The van der Waals surface area contributed by atoms with Crippen LogP contribution in [0.4, 0.5) is 4.79 Å². The number of carbonyl (C=O) groups is 1. The van der Waals surface area contributed by atoms with Gasteiger partial charge in [0.2, 0.25) is 0 Å². The predicted octanol–water partition coefficient (Wildman–Crippen LogP) is 2.91. The number of pyridine rings is 1. The Kier molecular flexibility index (Phi) is 4.57. The molecule has 5 heteroatoms. The SMILES string of the molecule is CC(C)(C)OC(=O)N1CCC2C(CCN2Cc2cccnc2)C1. The Morgan fingerprint density at radius 2 is 2.17 bits per heavy atom. The number of amides is 1. The van der Waals surface area contributed by atoms with Crippen LogP contribution in [0.2, 0.25) is 0 Å². The third-order valence-electron chi connectivity index (χ3n) is 4.71. The van der Waals surface area contributed by atoms with E-state index in [0.717, 1.165) is 39.0 Å². The van der Waals surface area contributed by atoms with Crippen LogP contribution in [0.25, 0.3) is 0 Å². The van der Waals surface area contributed by atoms with E-state index in [0.29, 0.717) is 12.0 Å². The van der Waals surface area contributed by atoms with Crippen molar-refractivity contribution in [3.05, 3.63) is 30.1 Å². The van der Waals surface area contributed by atoms with E-state index in [9.17, 15) is 4.79 Å². The zero-order valence-corrected chi connectivity index (χ0v) is 14.4. The second-order valence-electron chi connectivity index (χ2n) is 7.66. The van der Waals surface area contributed by atoms with Crippen molar-refractivity contribution in [2.75, 3.05) is 19.6 Å². The zero-order valence-electron chi connectivity index (χ0n) is 14.4. The first kappa shape index (κ1) is 16.2. The fourth-order valence-electron chi connectivity index (χ4n) is 3.70. The summed E-state index contributed by atoms with van der Waals surface area (Å²) in [7, 11) is 0. The molecule has 1 aromatic heterocycles. The molecule has 1 aromatic rings. The lowest BCUT2D eigenvalue weighted by Crippen LogP contribution is -2.49. The van der Waals surface area contributed by atoms with Gasteiger partial charge in [-0.2, -0.15) is 0 Å². The van der Waals surface area contributed by atoms with Gasteiger partial charge in [-0.05, 0) is 57.7 Å². The summed E-state index contributed by atoms with van der Waals surface area (Å²) in [6, 6.07) is 4.71. The number of piperidine rings is 1. The molecule has 23 heavy (non-hydrogen) atoms. The minimum absolute atomic E-state index is 0.165. The molecule has 2 saturated heterocycles. The normalized spacial score (nSPS) is 25.3. The molecule has 0 radical (unpaired) electrons. The minimum Gasteiger partial charge on any atom is -0.444 e. The Balaban J connectivity index is 1.57. The van der Waals surface area contributed by atoms with Crippen molar-refractivity contribution in [3.63, 3.8) is 0 Å². The number of hydrogen-bond donors (Lipinski definition) is 0. The largest absolute Gasteiger partial charge is 0.444 e. The molecule has 0 spiro atoms. The van der Waals surface area contributed by atoms with Gasteiger partial charge in [-0.1, -0.05) is 6.07 Å². The second-order valence-corrected chi connectivity index (χ2v) is 7.66. The molecule has 2 fully saturated rings. The smallest absolute Gasteiger partial charge is 0.410 e. The quantitative estimate of drug-likeness (QED) is 0.841. The first-order valence-electron chi connectivity index (χ1n) is 8.53. The lowest BCUT2D eigenvalue weighted by molar-refractivity contribution is 0.0111. The van der Waals surface area contributed by atoms with Gasteiger partial charge in [0, 0.05) is 38.1 Å². The van der Waals surface area contributed by atoms with Crippen LogP contribution < -0.4 is 0 Å². The van der Waals surface area contributed by atoms with E-state index in [1.807, 2.05) is 44.1 Å². The van der Waals surface area contributed by atoms with Crippen molar-refractivity contribution in [1.29, 1.82) is 0 Å². The van der Waals surface area contributed by atoms with Gasteiger partial charge in [0.05, 0.1) is 0 Å². The molecule has 2 aliphatic rings. The van der Waals surface area contributed by atoms with Crippen molar-refractivity contribution >= 4 is 6.09 Å². The Hall–Kier alpha value is -1.62. The highest BCUT2D eigenvalue weighted by atomic mass is 16.6. The second kappa shape index (κ2) is 6.48. The average molecular weight is 317 g/mol. The van der Waals surface area contributed by atoms with E-state index in [-0.39, 0.29) is 6.09 Å². The molecule has 3 heterocycles. The highest BCUT2D eigenvalue weighted by Crippen LogP contribution is 2.33. The van der Waals surface area contributed by atoms with Gasteiger partial charge in [0.15, 0.2) is 0 Å². The number of likely N-dealkylation sites (tertiary alicyclic amines) is 2. The molecule has 2 unspecified atom stereocenters. The van der Waals surface area contributed by atoms with Crippen LogP contribution in [0.3, 0.4) is 0 Å². The summed E-state index contributed by atoms with van der Waals surface area (Å²) in [4.78, 5) is 20.9. The summed E-state index contributed by atoms with van der Waals surface area (Å²) in [6.07, 6.45) is 5.79. The highest BCUT2D eigenvalue weighted by molar-refractivity contribution is 5.68. The number of ether oxygens (including phenoxy) is 1. The van der Waals surface area contributed by atoms with E-state index < -0.39 is 5.60 Å². The molecule has 0 N–H and O–H groups in total. The minimum atomic E-state index is -0.421. The fraction of sp³-hybridized carbons (Fsp3) is 0.667. The van der Waals surface area contributed by atoms with Crippen LogP contribution in [0.15, 0.2) is 24.5 Å². The van der Waals surface area contributed by atoms with Gasteiger partial charge in [-0.3, -0.25) is 9.88 Å². The van der Waals surface area contributed by atoms with E-state index in [1.54, 1.807) is 0 Å². The lowest BCUT2D eigenvalue weighted by atomic mass is 9.93. The number of rotatable bonds is 2. The summed E-state index contributed by atoms with van der Waals surface area (Å²) < 4.78 is 5.51. The monoisotopic (exact) mass is 317 g/mol.